The van der Waals surface area contributed by atoms with Gasteiger partial charge in [-0.15, -0.1) is 0 Å². The number of nitrogens with zero attached hydrogens (tertiary/aromatic N) is 1. The molecule has 1 aliphatic heterocycles. The number of hydrogen-bond donors (Lipinski definition) is 1. The van der Waals surface area contributed by atoms with Crippen molar-refractivity contribution in [2.24, 2.45) is 0 Å². The first-order valence-corrected chi connectivity index (χ1v) is 8.30. The Labute approximate surface area is 138 Å². The van der Waals surface area contributed by atoms with E-state index in [0.29, 0.717) is 12.6 Å². The maximum Gasteiger partial charge on any atom is 0.238 e. The van der Waals surface area contributed by atoms with Gasteiger partial charge in [-0.2, -0.15) is 0 Å². The van der Waals surface area contributed by atoms with Crippen LogP contribution in [0.25, 0.3) is 0 Å². The first-order chi connectivity index (χ1) is 11.1. The number of aryl methyl sites for hydroxylation is 1. The Morgan fingerprint density at radius 3 is 2.70 bits per heavy atom. The van der Waals surface area contributed by atoms with E-state index >= 15 is 0 Å². The van der Waals surface area contributed by atoms with Gasteiger partial charge >= 0.3 is 0 Å². The molecule has 23 heavy (non-hydrogen) atoms. The number of carbonyl (C=O) groups is 1. The number of anilines is 1. The van der Waals surface area contributed by atoms with Crippen LogP contribution >= 0.6 is 0 Å². The molecule has 2 aromatic carbocycles. The number of likely N-dealkylation sites (tertiary alicyclic amines) is 1. The van der Waals surface area contributed by atoms with Crippen molar-refractivity contribution in [2.75, 3.05) is 18.4 Å². The molecule has 3 heteroatoms. The molecule has 0 radical (unpaired) electrons. The van der Waals surface area contributed by atoms with Crippen molar-refractivity contribution in [3.8, 4) is 0 Å². The normalized spacial score (nSPS) is 18.1. The summed E-state index contributed by atoms with van der Waals surface area (Å²) < 4.78 is 0. The first-order valence-electron chi connectivity index (χ1n) is 8.30. The molecule has 3 rings (SSSR count). The molecule has 120 valence electrons. The average molecular weight is 308 g/mol. The second kappa shape index (κ2) is 6.97. The van der Waals surface area contributed by atoms with Crippen LogP contribution in [0.3, 0.4) is 0 Å². The molecule has 0 aromatic heterocycles. The van der Waals surface area contributed by atoms with Crippen LogP contribution in [0, 0.1) is 13.8 Å². The van der Waals surface area contributed by atoms with Crippen LogP contribution in [-0.4, -0.2) is 23.9 Å². The van der Waals surface area contributed by atoms with Gasteiger partial charge in [0.2, 0.25) is 5.91 Å². The maximum atomic E-state index is 12.5. The van der Waals surface area contributed by atoms with E-state index in [1.807, 2.05) is 25.1 Å². The Balaban J connectivity index is 1.66. The minimum Gasteiger partial charge on any atom is -0.325 e. The van der Waals surface area contributed by atoms with Crippen LogP contribution in [0.2, 0.25) is 0 Å². The summed E-state index contributed by atoms with van der Waals surface area (Å²) in [5.74, 6) is 0.0709. The molecule has 2 aromatic rings. The third kappa shape index (κ3) is 3.62. The number of carbonyl (C=O) groups excluding carboxylic acids is 1. The smallest absolute Gasteiger partial charge is 0.238 e. The number of benzene rings is 2. The van der Waals surface area contributed by atoms with E-state index in [1.54, 1.807) is 0 Å². The number of rotatable bonds is 4. The topological polar surface area (TPSA) is 32.3 Å². The first kappa shape index (κ1) is 15.8. The lowest BCUT2D eigenvalue weighted by Gasteiger charge is -2.24. The van der Waals surface area contributed by atoms with Gasteiger partial charge in [-0.1, -0.05) is 42.5 Å². The van der Waals surface area contributed by atoms with Crippen LogP contribution < -0.4 is 5.32 Å². The Hall–Kier alpha value is -2.13. The third-order valence-corrected chi connectivity index (χ3v) is 4.77. The van der Waals surface area contributed by atoms with Crippen molar-refractivity contribution in [1.29, 1.82) is 0 Å². The third-order valence-electron chi connectivity index (χ3n) is 4.77. The number of amides is 1. The standard InChI is InChI=1S/C20H24N2O/c1-15-8-6-11-18(16(15)2)21-20(23)14-22-13-7-12-19(22)17-9-4-3-5-10-17/h3-6,8-11,19H,7,12-14H2,1-2H3,(H,21,23)/t19-/m1/s1. The lowest BCUT2D eigenvalue weighted by Crippen LogP contribution is -2.33. The van der Waals surface area contributed by atoms with Crippen LogP contribution in [0.4, 0.5) is 5.69 Å². The zero-order valence-corrected chi connectivity index (χ0v) is 13.9. The zero-order valence-electron chi connectivity index (χ0n) is 13.9. The summed E-state index contributed by atoms with van der Waals surface area (Å²) in [6.45, 7) is 5.55. The van der Waals surface area contributed by atoms with Crippen molar-refractivity contribution in [2.45, 2.75) is 32.7 Å². The second-order valence-electron chi connectivity index (χ2n) is 6.33. The highest BCUT2D eigenvalue weighted by molar-refractivity contribution is 5.93. The second-order valence-corrected chi connectivity index (χ2v) is 6.33. The maximum absolute atomic E-state index is 12.5. The molecule has 1 fully saturated rings. The van der Waals surface area contributed by atoms with Crippen LogP contribution in [-0.2, 0) is 4.79 Å². The molecule has 1 N–H and O–H groups in total. The lowest BCUT2D eigenvalue weighted by atomic mass is 10.0. The van der Waals surface area contributed by atoms with Crippen LogP contribution in [0.1, 0.15) is 35.6 Å². The molecule has 1 aliphatic rings. The number of hydrogen-bond acceptors (Lipinski definition) is 2. The van der Waals surface area contributed by atoms with Gasteiger partial charge in [-0.3, -0.25) is 9.69 Å². The molecule has 0 aliphatic carbocycles. The van der Waals surface area contributed by atoms with Gasteiger partial charge in [0.05, 0.1) is 6.54 Å². The van der Waals surface area contributed by atoms with E-state index in [1.165, 1.54) is 11.1 Å². The van der Waals surface area contributed by atoms with Crippen molar-refractivity contribution in [3.63, 3.8) is 0 Å². The minimum atomic E-state index is 0.0709. The van der Waals surface area contributed by atoms with Crippen molar-refractivity contribution in [1.82, 2.24) is 4.90 Å². The summed E-state index contributed by atoms with van der Waals surface area (Å²) >= 11 is 0. The van der Waals surface area contributed by atoms with Crippen molar-refractivity contribution in [3.05, 3.63) is 65.2 Å². The Morgan fingerprint density at radius 2 is 1.91 bits per heavy atom. The van der Waals surface area contributed by atoms with E-state index < -0.39 is 0 Å². The summed E-state index contributed by atoms with van der Waals surface area (Å²) in [7, 11) is 0. The molecule has 1 atom stereocenters. The molecule has 0 bridgehead atoms. The summed E-state index contributed by atoms with van der Waals surface area (Å²) in [5.41, 5.74) is 4.57. The summed E-state index contributed by atoms with van der Waals surface area (Å²) in [5, 5.41) is 3.07. The molecule has 0 spiro atoms. The summed E-state index contributed by atoms with van der Waals surface area (Å²) in [6.07, 6.45) is 2.27. The minimum absolute atomic E-state index is 0.0709. The molecule has 1 saturated heterocycles. The Morgan fingerprint density at radius 1 is 1.13 bits per heavy atom. The van der Waals surface area contributed by atoms with Crippen molar-refractivity contribution < 1.29 is 4.79 Å². The van der Waals surface area contributed by atoms with Gasteiger partial charge in [0.1, 0.15) is 0 Å². The van der Waals surface area contributed by atoms with E-state index in [4.69, 9.17) is 0 Å². The quantitative estimate of drug-likeness (QED) is 0.923. The van der Waals surface area contributed by atoms with Crippen molar-refractivity contribution >= 4 is 11.6 Å². The van der Waals surface area contributed by atoms with Gasteiger partial charge in [0.25, 0.3) is 0 Å². The lowest BCUT2D eigenvalue weighted by molar-refractivity contribution is -0.117. The summed E-state index contributed by atoms with van der Waals surface area (Å²) in [6, 6.07) is 16.9. The predicted octanol–water partition coefficient (Wildman–Crippen LogP) is 4.08. The van der Waals surface area contributed by atoms with Gasteiger partial charge in [-0.25, -0.2) is 0 Å². The van der Waals surface area contributed by atoms with E-state index in [2.05, 4.69) is 47.5 Å². The highest BCUT2D eigenvalue weighted by Gasteiger charge is 2.27. The van der Waals surface area contributed by atoms with E-state index in [-0.39, 0.29) is 5.91 Å². The van der Waals surface area contributed by atoms with Gasteiger partial charge in [0, 0.05) is 11.7 Å². The van der Waals surface area contributed by atoms with Crippen LogP contribution in [0.5, 0.6) is 0 Å². The highest BCUT2D eigenvalue weighted by atomic mass is 16.2. The fraction of sp³-hybridized carbons (Fsp3) is 0.350. The highest BCUT2D eigenvalue weighted by Crippen LogP contribution is 2.31. The zero-order chi connectivity index (χ0) is 16.2. The molecule has 0 saturated carbocycles. The molecule has 3 nitrogen and oxygen atoms in total. The monoisotopic (exact) mass is 308 g/mol. The fourth-order valence-electron chi connectivity index (χ4n) is 3.33. The average Bonchev–Trinajstić information content (AvgIpc) is 3.00. The van der Waals surface area contributed by atoms with Gasteiger partial charge in [-0.05, 0) is 56.0 Å². The molecular weight excluding hydrogens is 284 g/mol. The molecule has 1 heterocycles. The fourth-order valence-corrected chi connectivity index (χ4v) is 3.33. The van der Waals surface area contributed by atoms with E-state index in [0.717, 1.165) is 30.6 Å². The Kier molecular flexibility index (Phi) is 4.77. The van der Waals surface area contributed by atoms with Gasteiger partial charge in [0.15, 0.2) is 0 Å². The molecule has 1 amide bonds. The summed E-state index contributed by atoms with van der Waals surface area (Å²) in [4.78, 5) is 14.7. The molecular formula is C20H24N2O. The van der Waals surface area contributed by atoms with E-state index in [9.17, 15) is 4.79 Å². The molecule has 0 unspecified atom stereocenters. The number of nitrogens with one attached hydrogen (secondary N) is 1. The van der Waals surface area contributed by atoms with Crippen LogP contribution in [0.15, 0.2) is 48.5 Å². The predicted molar refractivity (Wildman–Crippen MR) is 94.5 cm³/mol. The SMILES string of the molecule is Cc1cccc(NC(=O)CN2CCC[C@@H]2c2ccccc2)c1C. The largest absolute Gasteiger partial charge is 0.325 e. The van der Waals surface area contributed by atoms with Gasteiger partial charge < -0.3 is 5.32 Å². The Bertz CT molecular complexity index is 681.